The lowest BCUT2D eigenvalue weighted by atomic mass is 10.2. The van der Waals surface area contributed by atoms with Crippen LogP contribution in [-0.4, -0.2) is 10.2 Å². The van der Waals surface area contributed by atoms with Crippen LogP contribution in [0, 0.1) is 11.3 Å². The van der Waals surface area contributed by atoms with Crippen LogP contribution >= 0.6 is 11.6 Å². The number of aromatic nitrogens is 1. The molecule has 0 saturated carbocycles. The fraction of sp³-hybridized carbons (Fsp3) is 0. The smallest absolute Gasteiger partial charge is 0.270 e. The summed E-state index contributed by atoms with van der Waals surface area (Å²) in [5.41, 5.74) is 5.61. The van der Waals surface area contributed by atoms with E-state index < -0.39 is 5.24 Å². The maximum atomic E-state index is 10.6. The first-order valence-electron chi connectivity index (χ1n) is 3.01. The first kappa shape index (κ1) is 8.50. The second-order valence-electron chi connectivity index (χ2n) is 2.01. The Hall–Kier alpha value is -1.60. The molecule has 0 amide bonds. The minimum Gasteiger partial charge on any atom is -0.383 e. The van der Waals surface area contributed by atoms with Crippen molar-refractivity contribution in [3.05, 3.63) is 23.4 Å². The predicted octanol–water partition coefficient (Wildman–Crippen LogP) is 0.914. The van der Waals surface area contributed by atoms with E-state index in [-0.39, 0.29) is 17.1 Å². The highest BCUT2D eigenvalue weighted by Crippen LogP contribution is 2.09. The summed E-state index contributed by atoms with van der Waals surface area (Å²) in [6, 6.07) is 4.57. The summed E-state index contributed by atoms with van der Waals surface area (Å²) in [6.45, 7) is 0. The zero-order valence-corrected chi connectivity index (χ0v) is 6.67. The Morgan fingerprint density at radius 2 is 2.33 bits per heavy atom. The Balaban J connectivity index is 3.21. The molecule has 0 saturated heterocycles. The molecule has 0 fully saturated rings. The summed E-state index contributed by atoms with van der Waals surface area (Å²) in [6.07, 6.45) is 0. The number of carbonyl (C=O) groups is 1. The number of nitrogen functional groups attached to an aromatic ring is 1. The van der Waals surface area contributed by atoms with Crippen LogP contribution in [0.1, 0.15) is 16.1 Å². The van der Waals surface area contributed by atoms with E-state index in [9.17, 15) is 4.79 Å². The van der Waals surface area contributed by atoms with Crippen molar-refractivity contribution in [1.82, 2.24) is 4.98 Å². The van der Waals surface area contributed by atoms with Gasteiger partial charge in [-0.1, -0.05) is 0 Å². The van der Waals surface area contributed by atoms with Crippen LogP contribution in [0.2, 0.25) is 0 Å². The van der Waals surface area contributed by atoms with Gasteiger partial charge in [-0.05, 0) is 23.7 Å². The van der Waals surface area contributed by atoms with E-state index in [1.165, 1.54) is 12.1 Å². The van der Waals surface area contributed by atoms with E-state index in [2.05, 4.69) is 4.98 Å². The van der Waals surface area contributed by atoms with Gasteiger partial charge in [-0.2, -0.15) is 5.26 Å². The van der Waals surface area contributed by atoms with Crippen LogP contribution in [-0.2, 0) is 0 Å². The first-order chi connectivity index (χ1) is 5.65. The lowest BCUT2D eigenvalue weighted by Crippen LogP contribution is -2.00. The summed E-state index contributed by atoms with van der Waals surface area (Å²) in [5.74, 6) is 0.0176. The van der Waals surface area contributed by atoms with E-state index in [4.69, 9.17) is 22.6 Å². The molecule has 4 nitrogen and oxygen atoms in total. The third-order valence-electron chi connectivity index (χ3n) is 1.25. The summed E-state index contributed by atoms with van der Waals surface area (Å²) >= 11 is 5.13. The fourth-order valence-corrected chi connectivity index (χ4v) is 0.784. The normalized spacial score (nSPS) is 9.00. The number of hydrogen-bond donors (Lipinski definition) is 1. The van der Waals surface area contributed by atoms with Crippen LogP contribution in [0.15, 0.2) is 12.1 Å². The van der Waals surface area contributed by atoms with E-state index >= 15 is 0 Å². The number of pyridine rings is 1. The third kappa shape index (κ3) is 1.52. The molecule has 0 atom stereocenters. The van der Waals surface area contributed by atoms with Crippen LogP contribution in [0.5, 0.6) is 0 Å². The lowest BCUT2D eigenvalue weighted by molar-refractivity contribution is 0.107. The Morgan fingerprint density at radius 3 is 2.75 bits per heavy atom. The number of carbonyl (C=O) groups excluding carboxylic acids is 1. The van der Waals surface area contributed by atoms with Gasteiger partial charge >= 0.3 is 0 Å². The van der Waals surface area contributed by atoms with Crippen molar-refractivity contribution in [1.29, 1.82) is 5.26 Å². The van der Waals surface area contributed by atoms with Gasteiger partial charge in [-0.25, -0.2) is 4.98 Å². The van der Waals surface area contributed by atoms with Crippen molar-refractivity contribution < 1.29 is 4.79 Å². The molecule has 2 N–H and O–H groups in total. The summed E-state index contributed by atoms with van der Waals surface area (Å²) < 4.78 is 0. The van der Waals surface area contributed by atoms with Gasteiger partial charge in [0.15, 0.2) is 0 Å². The summed E-state index contributed by atoms with van der Waals surface area (Å²) in [7, 11) is 0. The minimum atomic E-state index is -0.689. The molecule has 0 bridgehead atoms. The molecule has 0 aromatic carbocycles. The van der Waals surface area contributed by atoms with Gasteiger partial charge in [0.1, 0.15) is 17.6 Å². The van der Waals surface area contributed by atoms with Gasteiger partial charge in [0.05, 0.1) is 5.56 Å². The van der Waals surface area contributed by atoms with Gasteiger partial charge in [-0.15, -0.1) is 0 Å². The number of hydrogen-bond acceptors (Lipinski definition) is 4. The molecule has 0 spiro atoms. The Kier molecular flexibility index (Phi) is 2.26. The number of halogens is 1. The van der Waals surface area contributed by atoms with Crippen molar-refractivity contribution >= 4 is 22.7 Å². The molecule has 0 aliphatic rings. The van der Waals surface area contributed by atoms with Crippen molar-refractivity contribution in [2.75, 3.05) is 5.73 Å². The van der Waals surface area contributed by atoms with Gasteiger partial charge < -0.3 is 5.73 Å². The number of nitrogens with zero attached hydrogens (tertiary/aromatic N) is 2. The average molecular weight is 182 g/mol. The average Bonchev–Trinajstić information content (AvgIpc) is 2.04. The van der Waals surface area contributed by atoms with Crippen molar-refractivity contribution in [2.45, 2.75) is 0 Å². The fourth-order valence-electron chi connectivity index (χ4n) is 0.679. The van der Waals surface area contributed by atoms with E-state index in [1.54, 1.807) is 0 Å². The van der Waals surface area contributed by atoms with E-state index in [1.807, 2.05) is 6.07 Å². The molecule has 12 heavy (non-hydrogen) atoms. The molecule has 5 heteroatoms. The molecule has 1 aromatic rings. The molecule has 0 aliphatic heterocycles. The third-order valence-corrected chi connectivity index (χ3v) is 1.44. The maximum absolute atomic E-state index is 10.6. The number of nitrogens with two attached hydrogens (primary N) is 1. The highest BCUT2D eigenvalue weighted by Gasteiger charge is 2.06. The Labute approximate surface area is 73.6 Å². The van der Waals surface area contributed by atoms with Gasteiger partial charge in [0.2, 0.25) is 0 Å². The summed E-state index contributed by atoms with van der Waals surface area (Å²) in [4.78, 5) is 14.2. The van der Waals surface area contributed by atoms with Gasteiger partial charge in [0.25, 0.3) is 5.24 Å². The van der Waals surface area contributed by atoms with Crippen molar-refractivity contribution in [3.63, 3.8) is 0 Å². The maximum Gasteiger partial charge on any atom is 0.270 e. The molecular weight excluding hydrogens is 178 g/mol. The van der Waals surface area contributed by atoms with E-state index in [0.29, 0.717) is 0 Å². The molecule has 1 aromatic heterocycles. The Morgan fingerprint density at radius 1 is 1.67 bits per heavy atom. The van der Waals surface area contributed by atoms with E-state index in [0.717, 1.165) is 0 Å². The van der Waals surface area contributed by atoms with Crippen molar-refractivity contribution in [2.24, 2.45) is 0 Å². The number of nitriles is 1. The molecule has 0 unspecified atom stereocenters. The molecule has 1 heterocycles. The second kappa shape index (κ2) is 3.20. The molecular formula is C7H4ClN3O. The predicted molar refractivity (Wildman–Crippen MR) is 43.5 cm³/mol. The summed E-state index contributed by atoms with van der Waals surface area (Å²) in [5, 5.41) is 7.77. The standard InChI is InChI=1S/C7H4ClN3O/c8-6(12)5-2-1-4(3-9)7(10)11-5/h1-2H,(H2,10,11). The monoisotopic (exact) mass is 181 g/mol. The minimum absolute atomic E-state index is 0.0176. The molecule has 60 valence electrons. The topological polar surface area (TPSA) is 79.8 Å². The van der Waals surface area contributed by atoms with Crippen molar-refractivity contribution in [3.8, 4) is 6.07 Å². The first-order valence-corrected chi connectivity index (χ1v) is 3.39. The van der Waals surface area contributed by atoms with Gasteiger partial charge in [-0.3, -0.25) is 4.79 Å². The van der Waals surface area contributed by atoms with Gasteiger partial charge in [0, 0.05) is 0 Å². The molecule has 0 radical (unpaired) electrons. The number of anilines is 1. The second-order valence-corrected chi connectivity index (χ2v) is 2.36. The highest BCUT2D eigenvalue weighted by molar-refractivity contribution is 6.67. The Bertz CT molecular complexity index is 369. The quantitative estimate of drug-likeness (QED) is 0.654. The van der Waals surface area contributed by atoms with Crippen LogP contribution < -0.4 is 5.73 Å². The molecule has 1 rings (SSSR count). The van der Waals surface area contributed by atoms with Crippen LogP contribution in [0.25, 0.3) is 0 Å². The number of rotatable bonds is 1. The highest BCUT2D eigenvalue weighted by atomic mass is 35.5. The van der Waals surface area contributed by atoms with Crippen LogP contribution in [0.4, 0.5) is 5.82 Å². The zero-order chi connectivity index (χ0) is 9.14. The zero-order valence-electron chi connectivity index (χ0n) is 5.91. The van der Waals surface area contributed by atoms with Crippen LogP contribution in [0.3, 0.4) is 0 Å². The molecule has 0 aliphatic carbocycles. The largest absolute Gasteiger partial charge is 0.383 e. The SMILES string of the molecule is N#Cc1ccc(C(=O)Cl)nc1N. The lowest BCUT2D eigenvalue weighted by Gasteiger charge is -1.96.